The lowest BCUT2D eigenvalue weighted by Gasteiger charge is -2.53. The van der Waals surface area contributed by atoms with E-state index >= 15 is 0 Å². The van der Waals surface area contributed by atoms with Crippen LogP contribution in [-0.2, 0) is 4.74 Å². The van der Waals surface area contributed by atoms with Crippen molar-refractivity contribution in [3.63, 3.8) is 0 Å². The lowest BCUT2D eigenvalue weighted by atomic mass is 9.63. The molecule has 5 unspecified atom stereocenters. The monoisotopic (exact) mass is 500 g/mol. The van der Waals surface area contributed by atoms with Crippen LogP contribution in [0.4, 0.5) is 0 Å². The Kier molecular flexibility index (Phi) is 18.1. The summed E-state index contributed by atoms with van der Waals surface area (Å²) in [6.45, 7) is 24.3. The van der Waals surface area contributed by atoms with Gasteiger partial charge < -0.3 is 10.1 Å². The van der Waals surface area contributed by atoms with Crippen molar-refractivity contribution in [1.29, 1.82) is 0 Å². The van der Waals surface area contributed by atoms with Crippen LogP contribution in [0, 0.1) is 17.3 Å². The number of hydroxylamine groups is 3. The second kappa shape index (κ2) is 18.2. The molecule has 0 aromatic heterocycles. The van der Waals surface area contributed by atoms with Gasteiger partial charge in [-0.1, -0.05) is 88.0 Å². The van der Waals surface area contributed by atoms with E-state index in [0.717, 1.165) is 84.1 Å². The van der Waals surface area contributed by atoms with Crippen LogP contribution < -0.4 is 5.32 Å². The van der Waals surface area contributed by atoms with E-state index in [0.29, 0.717) is 11.8 Å². The Labute approximate surface area is 221 Å². The third kappa shape index (κ3) is 11.0. The summed E-state index contributed by atoms with van der Waals surface area (Å²) in [5, 5.41) is 16.4. The van der Waals surface area contributed by atoms with Crippen LogP contribution in [0.25, 0.3) is 0 Å². The van der Waals surface area contributed by atoms with E-state index < -0.39 is 0 Å². The van der Waals surface area contributed by atoms with Crippen LogP contribution in [-0.4, -0.2) is 54.8 Å². The van der Waals surface area contributed by atoms with Crippen LogP contribution >= 0.6 is 0 Å². The zero-order chi connectivity index (χ0) is 27.0. The molecule has 0 heterocycles. The Hall–Kier alpha value is -0.160. The van der Waals surface area contributed by atoms with Gasteiger partial charge in [0.2, 0.25) is 0 Å². The van der Waals surface area contributed by atoms with Crippen molar-refractivity contribution in [3.05, 3.63) is 0 Å². The largest absolute Gasteiger partial charge is 0.381 e. The maximum absolute atomic E-state index is 12.5. The second-order valence-electron chi connectivity index (χ2n) is 12.1. The molecule has 0 aromatic rings. The first kappa shape index (κ1) is 34.8. The number of nitrogens with zero attached hydrogens (tertiary/aromatic N) is 1. The van der Waals surface area contributed by atoms with Gasteiger partial charge in [-0.2, -0.15) is 4.65 Å². The van der Waals surface area contributed by atoms with Crippen LogP contribution in [0.1, 0.15) is 139 Å². The highest BCUT2D eigenvalue weighted by Gasteiger charge is 2.53. The number of likely N-dealkylation sites (N-methyl/N-ethyl adjacent to an activating group) is 1. The van der Waals surface area contributed by atoms with E-state index in [1.807, 2.05) is 0 Å². The summed E-state index contributed by atoms with van der Waals surface area (Å²) < 4.78 is 6.12. The highest BCUT2D eigenvalue weighted by molar-refractivity contribution is 5.00. The normalized spacial score (nSPS) is 20.0. The molecule has 0 amide bonds. The molecule has 0 fully saturated rings. The van der Waals surface area contributed by atoms with E-state index in [2.05, 4.69) is 74.7 Å². The summed E-state index contributed by atoms with van der Waals surface area (Å²) in [7, 11) is 2.17. The molecule has 4 heteroatoms. The molecule has 2 N–H and O–H groups in total. The molecule has 0 spiro atoms. The summed E-state index contributed by atoms with van der Waals surface area (Å²) in [5.41, 5.74) is 0.118. The summed E-state index contributed by atoms with van der Waals surface area (Å²) in [6.07, 6.45) is 13.6. The SMILES string of the molecule is CCCCCC(C(CCC)(CC(C)(CC)C(C)CCOCCC)NC)[N+](O)(CCC)C[C@@H](C)CC. The summed E-state index contributed by atoms with van der Waals surface area (Å²) in [4.78, 5) is 0. The zero-order valence-electron chi connectivity index (χ0n) is 25.8. The smallest absolute Gasteiger partial charge is 0.137 e. The number of ether oxygens (including phenoxy) is 1. The summed E-state index contributed by atoms with van der Waals surface area (Å²) in [5.74, 6) is 1.09. The minimum absolute atomic E-state index is 0.0802. The Morgan fingerprint density at radius 2 is 1.57 bits per heavy atom. The standard InChI is InChI=1S/C31H67N2O2/c1-11-17-18-19-29(33(34,22-13-3)25-27(7)15-5)31(32-10,21-12-2)26-30(9,16-6)28(8)20-24-35-23-14-4/h27-29,32,34H,11-26H2,1-10H3/q+1/t27-,28?,29?,30?,31?,33?/m0/s1. The molecule has 0 saturated heterocycles. The first-order chi connectivity index (χ1) is 16.6. The topological polar surface area (TPSA) is 41.5 Å². The molecule has 35 heavy (non-hydrogen) atoms. The molecular weight excluding hydrogens is 432 g/mol. The van der Waals surface area contributed by atoms with Gasteiger partial charge >= 0.3 is 0 Å². The van der Waals surface area contributed by atoms with Gasteiger partial charge in [0.1, 0.15) is 19.1 Å². The third-order valence-corrected chi connectivity index (χ3v) is 9.19. The summed E-state index contributed by atoms with van der Waals surface area (Å²) in [6, 6.07) is 0.211. The van der Waals surface area contributed by atoms with E-state index in [-0.39, 0.29) is 21.6 Å². The van der Waals surface area contributed by atoms with Crippen molar-refractivity contribution in [1.82, 2.24) is 5.32 Å². The molecule has 212 valence electrons. The van der Waals surface area contributed by atoms with Crippen LogP contribution in [0.2, 0.25) is 0 Å². The highest BCUT2D eigenvalue weighted by atomic mass is 16.5. The number of hydrogen-bond donors (Lipinski definition) is 2. The molecule has 0 radical (unpaired) electrons. The van der Waals surface area contributed by atoms with E-state index in [9.17, 15) is 5.21 Å². The van der Waals surface area contributed by atoms with Gasteiger partial charge in [-0.05, 0) is 63.3 Å². The van der Waals surface area contributed by atoms with Gasteiger partial charge in [0.05, 0.1) is 5.54 Å². The number of rotatable bonds is 23. The predicted octanol–water partition coefficient (Wildman–Crippen LogP) is 8.61. The molecule has 0 aliphatic heterocycles. The Morgan fingerprint density at radius 1 is 0.886 bits per heavy atom. The fraction of sp³-hybridized carbons (Fsp3) is 1.00. The van der Waals surface area contributed by atoms with Crippen molar-refractivity contribution in [2.45, 2.75) is 151 Å². The second-order valence-corrected chi connectivity index (χ2v) is 12.1. The third-order valence-electron chi connectivity index (χ3n) is 9.19. The minimum Gasteiger partial charge on any atom is -0.381 e. The molecule has 0 aliphatic rings. The van der Waals surface area contributed by atoms with Crippen molar-refractivity contribution in [2.24, 2.45) is 17.3 Å². The van der Waals surface area contributed by atoms with Crippen LogP contribution in [0.15, 0.2) is 0 Å². The van der Waals surface area contributed by atoms with Crippen LogP contribution in [0.5, 0.6) is 0 Å². The Balaban J connectivity index is 6.37. The average Bonchev–Trinajstić information content (AvgIpc) is 2.83. The maximum Gasteiger partial charge on any atom is 0.137 e. The van der Waals surface area contributed by atoms with E-state index in [1.54, 1.807) is 0 Å². The van der Waals surface area contributed by atoms with E-state index in [1.165, 1.54) is 19.3 Å². The quantitative estimate of drug-likeness (QED) is 0.0839. The van der Waals surface area contributed by atoms with Crippen molar-refractivity contribution >= 4 is 0 Å². The fourth-order valence-electron chi connectivity index (χ4n) is 6.42. The molecule has 0 aromatic carbocycles. The number of unbranched alkanes of at least 4 members (excludes halogenated alkanes) is 2. The van der Waals surface area contributed by atoms with Gasteiger partial charge in [0, 0.05) is 25.6 Å². The van der Waals surface area contributed by atoms with Gasteiger partial charge in [-0.3, -0.25) is 0 Å². The molecule has 4 nitrogen and oxygen atoms in total. The lowest BCUT2D eigenvalue weighted by molar-refractivity contribution is -1.12. The Bertz CT molecular complexity index is 516. The number of nitrogens with one attached hydrogen (secondary N) is 1. The van der Waals surface area contributed by atoms with Gasteiger partial charge in [0.25, 0.3) is 0 Å². The predicted molar refractivity (Wildman–Crippen MR) is 154 cm³/mol. The van der Waals surface area contributed by atoms with Gasteiger partial charge in [0.15, 0.2) is 0 Å². The van der Waals surface area contributed by atoms with Crippen molar-refractivity contribution < 1.29 is 14.6 Å². The van der Waals surface area contributed by atoms with E-state index in [4.69, 9.17) is 4.74 Å². The van der Waals surface area contributed by atoms with Crippen LogP contribution in [0.3, 0.4) is 0 Å². The lowest BCUT2D eigenvalue weighted by Crippen LogP contribution is -2.69. The molecule has 0 bridgehead atoms. The molecule has 6 atom stereocenters. The average molecular weight is 500 g/mol. The molecule has 0 aliphatic carbocycles. The minimum atomic E-state index is -0.0802. The highest BCUT2D eigenvalue weighted by Crippen LogP contribution is 2.46. The van der Waals surface area contributed by atoms with Gasteiger partial charge in [-0.25, -0.2) is 5.21 Å². The number of hydrogen-bond acceptors (Lipinski definition) is 3. The first-order valence-electron chi connectivity index (χ1n) is 15.4. The summed E-state index contributed by atoms with van der Waals surface area (Å²) >= 11 is 0. The fourth-order valence-corrected chi connectivity index (χ4v) is 6.42. The Morgan fingerprint density at radius 3 is 2.06 bits per heavy atom. The number of quaternary nitrogens is 1. The molecular formula is C31H67N2O2+. The first-order valence-corrected chi connectivity index (χ1v) is 15.4. The molecule has 0 rings (SSSR count). The zero-order valence-corrected chi connectivity index (χ0v) is 25.8. The van der Waals surface area contributed by atoms with Crippen molar-refractivity contribution in [3.8, 4) is 0 Å². The van der Waals surface area contributed by atoms with Gasteiger partial charge in [-0.15, -0.1) is 0 Å². The molecule has 0 saturated carbocycles. The van der Waals surface area contributed by atoms with Crippen molar-refractivity contribution in [2.75, 3.05) is 33.4 Å². The maximum atomic E-state index is 12.5.